The van der Waals surface area contributed by atoms with Gasteiger partial charge in [0.25, 0.3) is 16.3 Å². The Morgan fingerprint density at radius 1 is 1.04 bits per heavy atom. The van der Waals surface area contributed by atoms with Gasteiger partial charge in [-0.15, -0.1) is 10.2 Å². The van der Waals surface area contributed by atoms with Crippen LogP contribution in [0.3, 0.4) is 0 Å². The Kier molecular flexibility index (Phi) is 4.65. The summed E-state index contributed by atoms with van der Waals surface area (Å²) in [6.07, 6.45) is 0.0938. The lowest BCUT2D eigenvalue weighted by Crippen LogP contribution is -2.27. The lowest BCUT2D eigenvalue weighted by atomic mass is 10.2. The van der Waals surface area contributed by atoms with Gasteiger partial charge in [-0.3, -0.25) is 14.6 Å². The van der Waals surface area contributed by atoms with Gasteiger partial charge in [-0.05, 0) is 19.1 Å². The highest BCUT2D eigenvalue weighted by atomic mass is 32.2. The smallest absolute Gasteiger partial charge is 0.325 e. The van der Waals surface area contributed by atoms with Gasteiger partial charge < -0.3 is 14.4 Å². The molecule has 3 N–H and O–H groups in total. The summed E-state index contributed by atoms with van der Waals surface area (Å²) in [5, 5.41) is 8.66. The number of rotatable bonds is 5. The van der Waals surface area contributed by atoms with Gasteiger partial charge in [0.15, 0.2) is 0 Å². The Labute approximate surface area is 160 Å². The molecule has 10 nitrogen and oxygen atoms in total. The average Bonchev–Trinajstić information content (AvgIpc) is 3.11. The highest BCUT2D eigenvalue weighted by Crippen LogP contribution is 2.21. The second kappa shape index (κ2) is 7.27. The summed E-state index contributed by atoms with van der Waals surface area (Å²) in [7, 11) is 0. The second-order valence-electron chi connectivity index (χ2n) is 5.97. The van der Waals surface area contributed by atoms with Crippen molar-refractivity contribution in [3.8, 4) is 0 Å². The van der Waals surface area contributed by atoms with E-state index in [1.807, 2.05) is 6.07 Å². The van der Waals surface area contributed by atoms with Crippen LogP contribution in [0.5, 0.6) is 0 Å². The van der Waals surface area contributed by atoms with Gasteiger partial charge in [0.1, 0.15) is 5.82 Å². The maximum Gasteiger partial charge on any atom is 0.325 e. The van der Waals surface area contributed by atoms with Crippen LogP contribution in [0.2, 0.25) is 0 Å². The van der Waals surface area contributed by atoms with Gasteiger partial charge in [-0.25, -0.2) is 9.78 Å². The fraction of sp³-hybridized carbons (Fsp3) is 0.176. The summed E-state index contributed by atoms with van der Waals surface area (Å²) in [6.45, 7) is 1.62. The number of H-pyrrole nitrogens is 3. The van der Waals surface area contributed by atoms with Gasteiger partial charge >= 0.3 is 5.69 Å². The molecule has 0 spiro atoms. The number of para-hydroxylation sites is 1. The SMILES string of the molecule is Cc1[nH]c(=O)[nH]c(=O)c1Cc1nnc(SCc2nc3ccccc3c(=O)[nH]2)o1. The molecule has 0 aliphatic heterocycles. The molecule has 0 aliphatic rings. The van der Waals surface area contributed by atoms with Crippen molar-refractivity contribution in [2.24, 2.45) is 0 Å². The van der Waals surface area contributed by atoms with Crippen molar-refractivity contribution in [2.45, 2.75) is 24.3 Å². The van der Waals surface area contributed by atoms with E-state index in [1.165, 1.54) is 11.8 Å². The van der Waals surface area contributed by atoms with Crippen molar-refractivity contribution in [2.75, 3.05) is 0 Å². The number of nitrogens with zero attached hydrogens (tertiary/aromatic N) is 3. The highest BCUT2D eigenvalue weighted by molar-refractivity contribution is 7.98. The monoisotopic (exact) mass is 398 g/mol. The van der Waals surface area contributed by atoms with Crippen LogP contribution in [0, 0.1) is 6.92 Å². The third-order valence-electron chi connectivity index (χ3n) is 4.03. The van der Waals surface area contributed by atoms with Gasteiger partial charge in [0.2, 0.25) is 5.89 Å². The molecule has 4 rings (SSSR count). The minimum absolute atomic E-state index is 0.0938. The lowest BCUT2D eigenvalue weighted by Gasteiger charge is -2.01. The van der Waals surface area contributed by atoms with Gasteiger partial charge in [0.05, 0.1) is 23.1 Å². The van der Waals surface area contributed by atoms with E-state index >= 15 is 0 Å². The van der Waals surface area contributed by atoms with Gasteiger partial charge in [0, 0.05) is 11.3 Å². The first kappa shape index (κ1) is 17.9. The Bertz CT molecular complexity index is 1340. The molecule has 1 aromatic carbocycles. The van der Waals surface area contributed by atoms with E-state index in [2.05, 4.69) is 30.1 Å². The molecule has 142 valence electrons. The zero-order valence-electron chi connectivity index (χ0n) is 14.6. The molecule has 0 bridgehead atoms. The van der Waals surface area contributed by atoms with E-state index in [9.17, 15) is 14.4 Å². The van der Waals surface area contributed by atoms with Crippen LogP contribution in [0.4, 0.5) is 0 Å². The molecule has 0 saturated heterocycles. The molecule has 0 saturated carbocycles. The second-order valence-corrected chi connectivity index (χ2v) is 6.90. The quantitative estimate of drug-likeness (QED) is 0.419. The molecule has 0 radical (unpaired) electrons. The van der Waals surface area contributed by atoms with Gasteiger partial charge in [-0.2, -0.15) is 0 Å². The lowest BCUT2D eigenvalue weighted by molar-refractivity contribution is 0.419. The number of hydrogen-bond acceptors (Lipinski definition) is 8. The molecule has 0 fully saturated rings. The van der Waals surface area contributed by atoms with E-state index < -0.39 is 11.2 Å². The number of thioether (sulfide) groups is 1. The predicted molar refractivity (Wildman–Crippen MR) is 101 cm³/mol. The van der Waals surface area contributed by atoms with Crippen molar-refractivity contribution < 1.29 is 4.42 Å². The fourth-order valence-corrected chi connectivity index (χ4v) is 3.34. The third kappa shape index (κ3) is 3.64. The van der Waals surface area contributed by atoms with E-state index in [0.29, 0.717) is 33.7 Å². The minimum atomic E-state index is -0.565. The number of aryl methyl sites for hydroxylation is 1. The number of nitrogens with one attached hydrogen (secondary N) is 3. The first-order chi connectivity index (χ1) is 13.5. The summed E-state index contributed by atoms with van der Waals surface area (Å²) in [6, 6.07) is 7.08. The molecule has 0 atom stereocenters. The van der Waals surface area contributed by atoms with E-state index in [0.717, 1.165) is 0 Å². The van der Waals surface area contributed by atoms with Crippen molar-refractivity contribution in [3.63, 3.8) is 0 Å². The summed E-state index contributed by atoms with van der Waals surface area (Å²) in [5.74, 6) is 1.06. The normalized spacial score (nSPS) is 11.2. The van der Waals surface area contributed by atoms with Crippen molar-refractivity contribution in [3.05, 3.63) is 78.4 Å². The summed E-state index contributed by atoms with van der Waals surface area (Å²) < 4.78 is 5.54. The van der Waals surface area contributed by atoms with Crippen LogP contribution in [0.25, 0.3) is 10.9 Å². The molecule has 4 aromatic rings. The molecule has 0 unspecified atom stereocenters. The number of aromatic nitrogens is 6. The number of benzene rings is 1. The number of hydrogen-bond donors (Lipinski definition) is 3. The average molecular weight is 398 g/mol. The zero-order chi connectivity index (χ0) is 19.7. The third-order valence-corrected chi connectivity index (χ3v) is 4.86. The molecule has 0 amide bonds. The fourth-order valence-electron chi connectivity index (χ4n) is 2.69. The van der Waals surface area contributed by atoms with Crippen LogP contribution in [0.15, 0.2) is 48.3 Å². The largest absolute Gasteiger partial charge is 0.416 e. The molecule has 11 heteroatoms. The summed E-state index contributed by atoms with van der Waals surface area (Å²) in [5.41, 5.74) is 0.136. The number of aromatic amines is 3. The first-order valence-corrected chi connectivity index (χ1v) is 9.23. The molecule has 3 heterocycles. The topological polar surface area (TPSA) is 150 Å². The molecular formula is C17H14N6O4S. The van der Waals surface area contributed by atoms with Crippen LogP contribution >= 0.6 is 11.8 Å². The summed E-state index contributed by atoms with van der Waals surface area (Å²) >= 11 is 1.22. The van der Waals surface area contributed by atoms with E-state index in [-0.39, 0.29) is 23.1 Å². The first-order valence-electron chi connectivity index (χ1n) is 8.25. The summed E-state index contributed by atoms with van der Waals surface area (Å²) in [4.78, 5) is 47.1. The van der Waals surface area contributed by atoms with Crippen LogP contribution in [-0.2, 0) is 12.2 Å². The van der Waals surface area contributed by atoms with Crippen LogP contribution in [0.1, 0.15) is 23.0 Å². The number of fused-ring (bicyclic) bond motifs is 1. The molecular weight excluding hydrogens is 384 g/mol. The van der Waals surface area contributed by atoms with Crippen molar-refractivity contribution >= 4 is 22.7 Å². The Morgan fingerprint density at radius 2 is 1.86 bits per heavy atom. The van der Waals surface area contributed by atoms with Crippen molar-refractivity contribution in [1.29, 1.82) is 0 Å². The van der Waals surface area contributed by atoms with Crippen LogP contribution < -0.4 is 16.8 Å². The molecule has 28 heavy (non-hydrogen) atoms. The molecule has 3 aromatic heterocycles. The van der Waals surface area contributed by atoms with E-state index in [4.69, 9.17) is 4.42 Å². The standard InChI is InChI=1S/C17H14N6O4S/c1-8-10(15(25)21-16(26)18-8)6-13-22-23-17(27-13)28-7-12-19-11-5-3-2-4-9(11)14(24)20-12/h2-5H,6-7H2,1H3,(H,19,20,24)(H2,18,21,25,26). The highest BCUT2D eigenvalue weighted by Gasteiger charge is 2.13. The molecule has 0 aliphatic carbocycles. The van der Waals surface area contributed by atoms with Crippen molar-refractivity contribution in [1.82, 2.24) is 30.1 Å². The minimum Gasteiger partial charge on any atom is -0.416 e. The maximum atomic E-state index is 12.1. The predicted octanol–water partition coefficient (Wildman–Crippen LogP) is 0.874. The van der Waals surface area contributed by atoms with Crippen LogP contribution in [-0.4, -0.2) is 30.1 Å². The Balaban J connectivity index is 1.49. The zero-order valence-corrected chi connectivity index (χ0v) is 15.4. The van der Waals surface area contributed by atoms with Gasteiger partial charge in [-0.1, -0.05) is 23.9 Å². The Hall–Kier alpha value is -3.47. The van der Waals surface area contributed by atoms with E-state index in [1.54, 1.807) is 25.1 Å². The Morgan fingerprint density at radius 3 is 2.68 bits per heavy atom. The maximum absolute atomic E-state index is 12.1.